The highest BCUT2D eigenvalue weighted by Crippen LogP contribution is 2.63. The van der Waals surface area contributed by atoms with Gasteiger partial charge in [0.05, 0.1) is 16.9 Å². The normalized spacial score (nSPS) is 19.0. The Labute approximate surface area is 424 Å². The van der Waals surface area contributed by atoms with Crippen LogP contribution in [-0.2, 0) is 21.7 Å². The first-order valence-electron chi connectivity index (χ1n) is 26.2. The minimum Gasteiger partial charge on any atom is -0.334 e. The molecule has 0 N–H and O–H groups in total. The van der Waals surface area contributed by atoms with Gasteiger partial charge in [-0.15, -0.1) is 0 Å². The maximum Gasteiger partial charge on any atom is 0.252 e. The summed E-state index contributed by atoms with van der Waals surface area (Å²) in [5, 5.41) is 0. The van der Waals surface area contributed by atoms with Crippen LogP contribution in [0.2, 0.25) is 0 Å². The number of anilines is 8. The summed E-state index contributed by atoms with van der Waals surface area (Å²) in [5.74, 6) is 0. The van der Waals surface area contributed by atoms with Crippen LogP contribution in [0.5, 0.6) is 0 Å². The van der Waals surface area contributed by atoms with Crippen LogP contribution in [-0.4, -0.2) is 12.3 Å². The molecule has 3 nitrogen and oxygen atoms in total. The molecular formula is C67H68BN3. The van der Waals surface area contributed by atoms with Crippen molar-refractivity contribution < 1.29 is 0 Å². The summed E-state index contributed by atoms with van der Waals surface area (Å²) < 4.78 is 0. The van der Waals surface area contributed by atoms with E-state index in [-0.39, 0.29) is 33.9 Å². The highest BCUT2D eigenvalue weighted by atomic mass is 15.3. The van der Waals surface area contributed by atoms with Gasteiger partial charge in [-0.3, -0.25) is 0 Å². The smallest absolute Gasteiger partial charge is 0.252 e. The Morgan fingerprint density at radius 2 is 0.831 bits per heavy atom. The van der Waals surface area contributed by atoms with Crippen molar-refractivity contribution in [3.63, 3.8) is 0 Å². The van der Waals surface area contributed by atoms with E-state index in [4.69, 9.17) is 0 Å². The SMILES string of the molecule is CC(C)(C)c1ccc(N2c3ccccc3B3c4ccccc4N(c4ccc(C(C)(C)C)cc4-c4ccccc4)c4cc(N5c6ccc(C(C)(C)C)cc6C6(C)CCCC56C)cc2c43)c(-c2ccccc2)c1. The zero-order valence-electron chi connectivity index (χ0n) is 43.8. The maximum absolute atomic E-state index is 2.80. The van der Waals surface area contributed by atoms with Crippen LogP contribution in [0, 0.1) is 0 Å². The fourth-order valence-electron chi connectivity index (χ4n) is 13.1. The Balaban J connectivity index is 1.22. The molecule has 8 aromatic carbocycles. The highest BCUT2D eigenvalue weighted by Gasteiger charge is 2.60. The quantitative estimate of drug-likeness (QED) is 0.159. The summed E-state index contributed by atoms with van der Waals surface area (Å²) in [6, 6.07) is 67.9. The van der Waals surface area contributed by atoms with Crippen LogP contribution in [0.25, 0.3) is 22.3 Å². The van der Waals surface area contributed by atoms with Gasteiger partial charge in [0.15, 0.2) is 0 Å². The third kappa shape index (κ3) is 6.91. The molecule has 1 fully saturated rings. The first-order valence-corrected chi connectivity index (χ1v) is 26.2. The first-order chi connectivity index (χ1) is 33.9. The molecule has 8 aromatic rings. The standard InChI is InChI=1S/C67H68BN3/c1-63(2,3)46-31-34-55(50(39-46)44-23-14-12-15-24-44)69-58-29-20-18-27-53(58)68-54-28-19-21-30-59(54)70(56-35-32-47(64(4,5)6)40-51(56)45-25-16-13-17-26-45)61-43-49(42-60(69)62(61)68)71-57-36-33-48(65(7,8)9)41-52(57)66(10)37-22-38-67(66,71)11/h12-21,23-36,39-43H,22,37-38H2,1-11H3. The summed E-state index contributed by atoms with van der Waals surface area (Å²) >= 11 is 0. The Kier molecular flexibility index (Phi) is 10.1. The van der Waals surface area contributed by atoms with Crippen molar-refractivity contribution in [1.82, 2.24) is 0 Å². The maximum atomic E-state index is 2.80. The summed E-state index contributed by atoms with van der Waals surface area (Å²) in [4.78, 5) is 8.09. The van der Waals surface area contributed by atoms with Gasteiger partial charge in [0.25, 0.3) is 6.71 Å². The second-order valence-corrected chi connectivity index (χ2v) is 24.6. The van der Waals surface area contributed by atoms with Gasteiger partial charge in [-0.25, -0.2) is 0 Å². The molecule has 3 aliphatic heterocycles. The largest absolute Gasteiger partial charge is 0.334 e. The monoisotopic (exact) mass is 926 g/mol. The second-order valence-electron chi connectivity index (χ2n) is 24.6. The van der Waals surface area contributed by atoms with Crippen molar-refractivity contribution in [2.24, 2.45) is 0 Å². The lowest BCUT2D eigenvalue weighted by Gasteiger charge is -2.47. The average Bonchev–Trinajstić information content (AvgIpc) is 3.76. The van der Waals surface area contributed by atoms with E-state index in [1.807, 2.05) is 0 Å². The van der Waals surface area contributed by atoms with E-state index in [1.54, 1.807) is 0 Å². The van der Waals surface area contributed by atoms with Crippen LogP contribution in [0.1, 0.15) is 118 Å². The summed E-state index contributed by atoms with van der Waals surface area (Å²) in [6.07, 6.45) is 3.49. The number of fused-ring (bicyclic) bond motifs is 7. The molecule has 0 saturated heterocycles. The highest BCUT2D eigenvalue weighted by molar-refractivity contribution is 7.00. The molecule has 2 atom stereocenters. The third-order valence-electron chi connectivity index (χ3n) is 17.2. The van der Waals surface area contributed by atoms with Gasteiger partial charge in [-0.2, -0.15) is 0 Å². The molecule has 0 radical (unpaired) electrons. The molecule has 0 spiro atoms. The molecule has 0 bridgehead atoms. The van der Waals surface area contributed by atoms with Crippen LogP contribution >= 0.6 is 0 Å². The van der Waals surface area contributed by atoms with E-state index in [0.717, 1.165) is 6.42 Å². The molecule has 0 amide bonds. The van der Waals surface area contributed by atoms with E-state index in [2.05, 4.69) is 267 Å². The number of hydrogen-bond donors (Lipinski definition) is 0. The van der Waals surface area contributed by atoms with Gasteiger partial charge >= 0.3 is 0 Å². The molecule has 1 aliphatic carbocycles. The minimum absolute atomic E-state index is 0.00420. The third-order valence-corrected chi connectivity index (χ3v) is 17.2. The molecule has 2 unspecified atom stereocenters. The van der Waals surface area contributed by atoms with Crippen LogP contribution in [0.4, 0.5) is 45.5 Å². The fraction of sp³-hybridized carbons (Fsp3) is 0.284. The molecule has 0 aromatic heterocycles. The second kappa shape index (κ2) is 15.9. The van der Waals surface area contributed by atoms with Crippen molar-refractivity contribution in [2.75, 3.05) is 14.7 Å². The molecule has 1 saturated carbocycles. The zero-order valence-corrected chi connectivity index (χ0v) is 43.8. The fourth-order valence-corrected chi connectivity index (χ4v) is 13.1. The van der Waals surface area contributed by atoms with Gasteiger partial charge in [0.2, 0.25) is 0 Å². The van der Waals surface area contributed by atoms with Crippen molar-refractivity contribution in [1.29, 1.82) is 0 Å². The molecule has 3 heterocycles. The Bertz CT molecular complexity index is 3230. The summed E-state index contributed by atoms with van der Waals surface area (Å²) in [6.45, 7) is 26.2. The van der Waals surface area contributed by atoms with Crippen molar-refractivity contribution in [3.05, 3.63) is 198 Å². The van der Waals surface area contributed by atoms with Gasteiger partial charge < -0.3 is 14.7 Å². The van der Waals surface area contributed by atoms with Gasteiger partial charge in [0.1, 0.15) is 0 Å². The lowest BCUT2D eigenvalue weighted by molar-refractivity contribution is 0.330. The molecule has 71 heavy (non-hydrogen) atoms. The van der Waals surface area contributed by atoms with E-state index < -0.39 is 0 Å². The number of rotatable bonds is 5. The molecule has 12 rings (SSSR count). The average molecular weight is 926 g/mol. The Hall–Kier alpha value is -6.78. The van der Waals surface area contributed by atoms with Crippen LogP contribution in [0.15, 0.2) is 176 Å². The number of para-hydroxylation sites is 2. The lowest BCUT2D eigenvalue weighted by atomic mass is 9.33. The van der Waals surface area contributed by atoms with Crippen LogP contribution < -0.4 is 31.1 Å². The van der Waals surface area contributed by atoms with E-state index in [9.17, 15) is 0 Å². The topological polar surface area (TPSA) is 9.72 Å². The molecule has 4 heteroatoms. The van der Waals surface area contributed by atoms with Gasteiger partial charge in [-0.1, -0.05) is 197 Å². The number of nitrogens with zero attached hydrogens (tertiary/aromatic N) is 3. The van der Waals surface area contributed by atoms with Crippen molar-refractivity contribution >= 4 is 68.6 Å². The summed E-state index contributed by atoms with van der Waals surface area (Å²) in [5.41, 5.74) is 24.1. The molecule has 4 aliphatic rings. The van der Waals surface area contributed by atoms with E-state index >= 15 is 0 Å². The Morgan fingerprint density at radius 1 is 0.408 bits per heavy atom. The first kappa shape index (κ1) is 45.4. The Morgan fingerprint density at radius 3 is 1.30 bits per heavy atom. The van der Waals surface area contributed by atoms with Gasteiger partial charge in [0, 0.05) is 50.7 Å². The molecular weight excluding hydrogens is 858 g/mol. The molecule has 354 valence electrons. The van der Waals surface area contributed by atoms with E-state index in [0.29, 0.717) is 0 Å². The van der Waals surface area contributed by atoms with Gasteiger partial charge in [-0.05, 0) is 140 Å². The van der Waals surface area contributed by atoms with E-state index in [1.165, 1.54) is 119 Å². The summed E-state index contributed by atoms with van der Waals surface area (Å²) in [7, 11) is 0. The number of hydrogen-bond acceptors (Lipinski definition) is 3. The minimum atomic E-state index is -0.145. The van der Waals surface area contributed by atoms with Crippen LogP contribution in [0.3, 0.4) is 0 Å². The predicted octanol–water partition coefficient (Wildman–Crippen LogP) is 16.3. The number of benzene rings is 8. The zero-order chi connectivity index (χ0) is 49.4. The predicted molar refractivity (Wildman–Crippen MR) is 306 cm³/mol. The van der Waals surface area contributed by atoms with Crippen molar-refractivity contribution in [3.8, 4) is 22.3 Å². The van der Waals surface area contributed by atoms with Crippen molar-refractivity contribution in [2.45, 2.75) is 123 Å². The lowest BCUT2D eigenvalue weighted by Crippen LogP contribution is -2.61.